The minimum absolute atomic E-state index is 0.00259. The summed E-state index contributed by atoms with van der Waals surface area (Å²) in [6.07, 6.45) is 0. The molecule has 3 aromatic rings. The molecule has 2 N–H and O–H groups in total. The highest BCUT2D eigenvalue weighted by molar-refractivity contribution is 6.02. The standard InChI is InChI=1S/C24H29N3O4/c1-14(2)13-26-21-18(10-7-11-19(21)23(29)30)22(28)27(26)24(31)25-12-20-16(5)8-6-9-17(20)15(3)4/h6-11,14-15H,12-13H2,1-5H3,(H,25,31)(H,29,30). The summed E-state index contributed by atoms with van der Waals surface area (Å²) >= 11 is 0. The highest BCUT2D eigenvalue weighted by atomic mass is 16.4. The SMILES string of the molecule is Cc1cccc(C(C)C)c1CNC(=O)n1c(=O)c2cccc(C(=O)O)c2n1CC(C)C. The van der Waals surface area contributed by atoms with E-state index in [1.54, 1.807) is 6.07 Å². The van der Waals surface area contributed by atoms with Crippen molar-refractivity contribution in [2.24, 2.45) is 5.92 Å². The molecular weight excluding hydrogens is 394 g/mol. The Kier molecular flexibility index (Phi) is 6.34. The van der Waals surface area contributed by atoms with Gasteiger partial charge in [0, 0.05) is 13.1 Å². The first-order valence-corrected chi connectivity index (χ1v) is 10.5. The van der Waals surface area contributed by atoms with Crippen molar-refractivity contribution in [2.45, 2.75) is 53.6 Å². The number of aryl methyl sites for hydroxylation is 1. The fourth-order valence-corrected chi connectivity index (χ4v) is 3.96. The molecule has 0 atom stereocenters. The quantitative estimate of drug-likeness (QED) is 0.616. The molecule has 31 heavy (non-hydrogen) atoms. The highest BCUT2D eigenvalue weighted by Gasteiger charge is 2.23. The number of aromatic nitrogens is 2. The third kappa shape index (κ3) is 4.26. The number of hydrogen-bond donors (Lipinski definition) is 2. The van der Waals surface area contributed by atoms with Crippen LogP contribution in [0.3, 0.4) is 0 Å². The first-order chi connectivity index (χ1) is 14.6. The Morgan fingerprint density at radius 2 is 1.74 bits per heavy atom. The van der Waals surface area contributed by atoms with E-state index in [2.05, 4.69) is 19.2 Å². The third-order valence-electron chi connectivity index (χ3n) is 5.40. The van der Waals surface area contributed by atoms with Crippen molar-refractivity contribution in [3.05, 3.63) is 69.0 Å². The van der Waals surface area contributed by atoms with Crippen LogP contribution in [0.5, 0.6) is 0 Å². The van der Waals surface area contributed by atoms with Crippen molar-refractivity contribution in [3.63, 3.8) is 0 Å². The van der Waals surface area contributed by atoms with E-state index in [4.69, 9.17) is 0 Å². The molecule has 0 aliphatic heterocycles. The van der Waals surface area contributed by atoms with Gasteiger partial charge in [0.15, 0.2) is 0 Å². The monoisotopic (exact) mass is 423 g/mol. The molecule has 0 unspecified atom stereocenters. The molecule has 0 spiro atoms. The van der Waals surface area contributed by atoms with Gasteiger partial charge in [0.25, 0.3) is 5.56 Å². The molecule has 1 amide bonds. The Morgan fingerprint density at radius 3 is 2.35 bits per heavy atom. The molecule has 164 valence electrons. The maximum Gasteiger partial charge on any atom is 0.344 e. The number of carboxylic acids is 1. The fourth-order valence-electron chi connectivity index (χ4n) is 3.96. The lowest BCUT2D eigenvalue weighted by Crippen LogP contribution is -2.39. The Labute approximate surface area is 181 Å². The molecule has 2 aromatic carbocycles. The first kappa shape index (κ1) is 22.3. The Balaban J connectivity index is 2.08. The number of carbonyl (C=O) groups excluding carboxylic acids is 1. The Hall–Kier alpha value is -3.35. The van der Waals surface area contributed by atoms with Crippen LogP contribution in [0, 0.1) is 12.8 Å². The predicted octanol–water partition coefficient (Wildman–Crippen LogP) is 4.35. The number of carbonyl (C=O) groups is 2. The third-order valence-corrected chi connectivity index (χ3v) is 5.40. The van der Waals surface area contributed by atoms with E-state index in [-0.39, 0.29) is 28.9 Å². The molecule has 0 saturated heterocycles. The molecule has 7 heteroatoms. The van der Waals surface area contributed by atoms with Gasteiger partial charge in [-0.15, -0.1) is 0 Å². The summed E-state index contributed by atoms with van der Waals surface area (Å²) in [4.78, 5) is 38.0. The van der Waals surface area contributed by atoms with Crippen molar-refractivity contribution in [1.82, 2.24) is 14.7 Å². The van der Waals surface area contributed by atoms with Crippen molar-refractivity contribution >= 4 is 22.9 Å². The second-order valence-electron chi connectivity index (χ2n) is 8.56. The normalized spacial score (nSPS) is 11.5. The van der Waals surface area contributed by atoms with Gasteiger partial charge in [-0.3, -0.25) is 9.48 Å². The van der Waals surface area contributed by atoms with Crippen LogP contribution < -0.4 is 10.9 Å². The molecule has 0 fully saturated rings. The van der Waals surface area contributed by atoms with Crippen LogP contribution in [0.2, 0.25) is 0 Å². The fraction of sp³-hybridized carbons (Fsp3) is 0.375. The van der Waals surface area contributed by atoms with Gasteiger partial charge in [-0.1, -0.05) is 52.0 Å². The van der Waals surface area contributed by atoms with E-state index >= 15 is 0 Å². The smallest absolute Gasteiger partial charge is 0.344 e. The molecule has 1 aromatic heterocycles. The lowest BCUT2D eigenvalue weighted by molar-refractivity contribution is 0.0698. The molecule has 0 saturated carbocycles. The van der Waals surface area contributed by atoms with E-state index in [1.807, 2.05) is 39.0 Å². The molecule has 0 aliphatic carbocycles. The number of hydrogen-bond acceptors (Lipinski definition) is 3. The largest absolute Gasteiger partial charge is 0.478 e. The molecule has 7 nitrogen and oxygen atoms in total. The number of fused-ring (bicyclic) bond motifs is 1. The van der Waals surface area contributed by atoms with E-state index in [0.717, 1.165) is 21.4 Å². The number of nitrogens with zero attached hydrogens (tertiary/aromatic N) is 2. The second kappa shape index (κ2) is 8.79. The zero-order chi connectivity index (χ0) is 22.9. The summed E-state index contributed by atoms with van der Waals surface area (Å²) in [5.41, 5.74) is 2.98. The minimum atomic E-state index is -1.14. The maximum atomic E-state index is 13.2. The maximum absolute atomic E-state index is 13.2. The van der Waals surface area contributed by atoms with Gasteiger partial charge >= 0.3 is 12.0 Å². The number of para-hydroxylation sites is 1. The lowest BCUT2D eigenvalue weighted by Gasteiger charge is -2.18. The van der Waals surface area contributed by atoms with E-state index in [9.17, 15) is 19.5 Å². The summed E-state index contributed by atoms with van der Waals surface area (Å²) in [5.74, 6) is -0.748. The van der Waals surface area contributed by atoms with Gasteiger partial charge in [-0.25, -0.2) is 9.59 Å². The first-order valence-electron chi connectivity index (χ1n) is 10.5. The molecular formula is C24H29N3O4. The number of rotatable bonds is 6. The Bertz CT molecular complexity index is 1200. The van der Waals surface area contributed by atoms with E-state index in [1.165, 1.54) is 16.8 Å². The lowest BCUT2D eigenvalue weighted by atomic mass is 9.94. The summed E-state index contributed by atoms with van der Waals surface area (Å²) in [5, 5.41) is 12.7. The number of aromatic carboxylic acids is 1. The summed E-state index contributed by atoms with van der Waals surface area (Å²) < 4.78 is 2.52. The van der Waals surface area contributed by atoms with Crippen LogP contribution >= 0.6 is 0 Å². The van der Waals surface area contributed by atoms with E-state index < -0.39 is 17.6 Å². The van der Waals surface area contributed by atoms with Gasteiger partial charge in [-0.05, 0) is 47.6 Å². The molecule has 0 aliphatic rings. The van der Waals surface area contributed by atoms with Crippen molar-refractivity contribution in [1.29, 1.82) is 0 Å². The van der Waals surface area contributed by atoms with Crippen LogP contribution in [-0.4, -0.2) is 26.5 Å². The van der Waals surface area contributed by atoms with Gasteiger partial charge in [-0.2, -0.15) is 4.68 Å². The van der Waals surface area contributed by atoms with Gasteiger partial charge in [0.2, 0.25) is 0 Å². The molecule has 3 rings (SSSR count). The molecule has 0 radical (unpaired) electrons. The number of benzene rings is 2. The summed E-state index contributed by atoms with van der Waals surface area (Å²) in [6, 6.07) is 9.99. The van der Waals surface area contributed by atoms with Crippen LogP contribution in [0.4, 0.5) is 4.79 Å². The predicted molar refractivity (Wildman–Crippen MR) is 121 cm³/mol. The number of nitrogens with one attached hydrogen (secondary N) is 1. The van der Waals surface area contributed by atoms with Crippen LogP contribution in [-0.2, 0) is 13.1 Å². The van der Waals surface area contributed by atoms with Crippen molar-refractivity contribution in [2.75, 3.05) is 0 Å². The minimum Gasteiger partial charge on any atom is -0.478 e. The van der Waals surface area contributed by atoms with Crippen molar-refractivity contribution < 1.29 is 14.7 Å². The van der Waals surface area contributed by atoms with Gasteiger partial charge in [0.05, 0.1) is 16.5 Å². The van der Waals surface area contributed by atoms with Crippen LogP contribution in [0.25, 0.3) is 10.9 Å². The number of amides is 1. The molecule has 1 heterocycles. The van der Waals surface area contributed by atoms with Crippen LogP contribution in [0.1, 0.15) is 60.7 Å². The van der Waals surface area contributed by atoms with Crippen LogP contribution in [0.15, 0.2) is 41.2 Å². The van der Waals surface area contributed by atoms with Gasteiger partial charge in [0.1, 0.15) is 0 Å². The van der Waals surface area contributed by atoms with Gasteiger partial charge < -0.3 is 10.4 Å². The average Bonchev–Trinajstić information content (AvgIpc) is 2.97. The number of carboxylic acid groups (broad SMARTS) is 1. The van der Waals surface area contributed by atoms with E-state index in [0.29, 0.717) is 12.5 Å². The average molecular weight is 424 g/mol. The topological polar surface area (TPSA) is 93.3 Å². The zero-order valence-corrected chi connectivity index (χ0v) is 18.6. The Morgan fingerprint density at radius 1 is 1.06 bits per heavy atom. The summed E-state index contributed by atoms with van der Waals surface area (Å²) in [6.45, 7) is 10.7. The summed E-state index contributed by atoms with van der Waals surface area (Å²) in [7, 11) is 0. The second-order valence-corrected chi connectivity index (χ2v) is 8.56. The molecule has 0 bridgehead atoms. The highest BCUT2D eigenvalue weighted by Crippen LogP contribution is 2.23. The van der Waals surface area contributed by atoms with Crippen molar-refractivity contribution in [3.8, 4) is 0 Å². The zero-order valence-electron chi connectivity index (χ0n) is 18.6.